The van der Waals surface area contributed by atoms with Crippen LogP contribution in [0.5, 0.6) is 0 Å². The van der Waals surface area contributed by atoms with Gasteiger partial charge in [-0.05, 0) is 26.0 Å². The van der Waals surface area contributed by atoms with Gasteiger partial charge in [0, 0.05) is 5.69 Å². The molecular weight excluding hydrogens is 180 g/mol. The maximum Gasteiger partial charge on any atom is 0.305 e. The summed E-state index contributed by atoms with van der Waals surface area (Å²) in [5.74, 6) is -0.918. The number of nitrogens with two attached hydrogens (primary N) is 1. The molecule has 0 bridgehead atoms. The molecule has 0 aliphatic heterocycles. The molecular formula is C10H14N2O2. The van der Waals surface area contributed by atoms with Crippen LogP contribution in [0.25, 0.3) is 0 Å². The Bertz CT molecular complexity index is 348. The van der Waals surface area contributed by atoms with E-state index in [-0.39, 0.29) is 6.42 Å². The molecule has 14 heavy (non-hydrogen) atoms. The van der Waals surface area contributed by atoms with E-state index in [2.05, 4.69) is 4.98 Å². The maximum atomic E-state index is 10.6. The average Bonchev–Trinajstić information content (AvgIpc) is 2.01. The van der Waals surface area contributed by atoms with Crippen LogP contribution < -0.4 is 5.73 Å². The fourth-order valence-corrected chi connectivity index (χ4v) is 1.27. The van der Waals surface area contributed by atoms with Gasteiger partial charge in [0.25, 0.3) is 0 Å². The van der Waals surface area contributed by atoms with Crippen LogP contribution in [0.4, 0.5) is 0 Å². The van der Waals surface area contributed by atoms with Gasteiger partial charge >= 0.3 is 5.97 Å². The highest BCUT2D eigenvalue weighted by Gasteiger charge is 2.25. The summed E-state index contributed by atoms with van der Waals surface area (Å²) in [6.07, 6.45) is -0.122. The van der Waals surface area contributed by atoms with Gasteiger partial charge < -0.3 is 10.8 Å². The minimum Gasteiger partial charge on any atom is -0.481 e. The number of hydrogen-bond acceptors (Lipinski definition) is 3. The summed E-state index contributed by atoms with van der Waals surface area (Å²) in [6.45, 7) is 3.52. The highest BCUT2D eigenvalue weighted by Crippen LogP contribution is 2.19. The molecule has 0 saturated carbocycles. The second kappa shape index (κ2) is 3.75. The van der Waals surface area contributed by atoms with Gasteiger partial charge in [-0.1, -0.05) is 6.07 Å². The summed E-state index contributed by atoms with van der Waals surface area (Å²) in [6, 6.07) is 5.42. The Morgan fingerprint density at radius 3 is 2.79 bits per heavy atom. The minimum absolute atomic E-state index is 0.122. The number of carboxylic acid groups (broad SMARTS) is 1. The monoisotopic (exact) mass is 194 g/mol. The molecule has 0 saturated heterocycles. The fourth-order valence-electron chi connectivity index (χ4n) is 1.27. The number of carboxylic acids is 1. The molecule has 0 amide bonds. The van der Waals surface area contributed by atoms with Crippen LogP contribution in [-0.2, 0) is 10.3 Å². The van der Waals surface area contributed by atoms with Crippen molar-refractivity contribution < 1.29 is 9.90 Å². The van der Waals surface area contributed by atoms with Gasteiger partial charge in [-0.25, -0.2) is 0 Å². The number of aromatic nitrogens is 1. The second-order valence-corrected chi connectivity index (χ2v) is 3.65. The van der Waals surface area contributed by atoms with Crippen molar-refractivity contribution in [1.29, 1.82) is 0 Å². The lowest BCUT2D eigenvalue weighted by Crippen LogP contribution is -2.36. The van der Waals surface area contributed by atoms with Gasteiger partial charge in [-0.3, -0.25) is 9.78 Å². The zero-order valence-electron chi connectivity index (χ0n) is 8.32. The topological polar surface area (TPSA) is 76.2 Å². The normalized spacial score (nSPS) is 14.8. The van der Waals surface area contributed by atoms with Crippen molar-refractivity contribution in [2.75, 3.05) is 0 Å². The summed E-state index contributed by atoms with van der Waals surface area (Å²) in [7, 11) is 0. The highest BCUT2D eigenvalue weighted by molar-refractivity contribution is 5.68. The first-order valence-electron chi connectivity index (χ1n) is 4.36. The lowest BCUT2D eigenvalue weighted by Gasteiger charge is -2.21. The number of aryl methyl sites for hydroxylation is 1. The fraction of sp³-hybridized carbons (Fsp3) is 0.400. The van der Waals surface area contributed by atoms with E-state index in [1.807, 2.05) is 19.1 Å². The molecule has 0 aliphatic rings. The van der Waals surface area contributed by atoms with Crippen LogP contribution in [0.1, 0.15) is 24.7 Å². The molecule has 0 aromatic carbocycles. The van der Waals surface area contributed by atoms with Gasteiger partial charge in [-0.2, -0.15) is 0 Å². The summed E-state index contributed by atoms with van der Waals surface area (Å²) >= 11 is 0. The predicted octanol–water partition coefficient (Wildman–Crippen LogP) is 1.04. The molecule has 1 atom stereocenters. The van der Waals surface area contributed by atoms with E-state index in [0.717, 1.165) is 5.69 Å². The summed E-state index contributed by atoms with van der Waals surface area (Å²) in [5, 5.41) is 8.67. The van der Waals surface area contributed by atoms with E-state index in [1.54, 1.807) is 13.0 Å². The molecule has 1 rings (SSSR count). The Morgan fingerprint density at radius 2 is 2.29 bits per heavy atom. The van der Waals surface area contributed by atoms with Gasteiger partial charge in [0.05, 0.1) is 17.7 Å². The minimum atomic E-state index is -0.918. The Labute approximate surface area is 82.8 Å². The van der Waals surface area contributed by atoms with Gasteiger partial charge in [-0.15, -0.1) is 0 Å². The first kappa shape index (κ1) is 10.7. The number of carbonyl (C=O) groups is 1. The van der Waals surface area contributed by atoms with E-state index in [9.17, 15) is 4.79 Å². The van der Waals surface area contributed by atoms with Crippen molar-refractivity contribution in [2.24, 2.45) is 5.73 Å². The van der Waals surface area contributed by atoms with Gasteiger partial charge in [0.2, 0.25) is 0 Å². The molecule has 1 unspecified atom stereocenters. The Balaban J connectivity index is 2.97. The van der Waals surface area contributed by atoms with Gasteiger partial charge in [0.15, 0.2) is 0 Å². The quantitative estimate of drug-likeness (QED) is 0.753. The number of aliphatic carboxylic acids is 1. The lowest BCUT2D eigenvalue weighted by atomic mass is 9.94. The molecule has 1 heterocycles. The third-order valence-electron chi connectivity index (χ3n) is 1.99. The number of rotatable bonds is 3. The van der Waals surface area contributed by atoms with Crippen LogP contribution in [0, 0.1) is 6.92 Å². The number of hydrogen-bond donors (Lipinski definition) is 2. The Kier molecular flexibility index (Phi) is 2.86. The van der Waals surface area contributed by atoms with Crippen molar-refractivity contribution in [3.05, 3.63) is 29.6 Å². The van der Waals surface area contributed by atoms with Crippen LogP contribution in [-0.4, -0.2) is 16.1 Å². The molecule has 76 valence electrons. The maximum absolute atomic E-state index is 10.6. The van der Waals surface area contributed by atoms with Crippen LogP contribution >= 0.6 is 0 Å². The SMILES string of the molecule is Cc1cccc(C(C)(N)CC(=O)O)n1. The molecule has 0 radical (unpaired) electrons. The zero-order chi connectivity index (χ0) is 10.8. The molecule has 0 spiro atoms. The smallest absolute Gasteiger partial charge is 0.305 e. The van der Waals surface area contributed by atoms with Crippen molar-refractivity contribution in [2.45, 2.75) is 25.8 Å². The molecule has 0 aliphatic carbocycles. The largest absolute Gasteiger partial charge is 0.481 e. The van der Waals surface area contributed by atoms with Crippen LogP contribution in [0.15, 0.2) is 18.2 Å². The van der Waals surface area contributed by atoms with Crippen molar-refractivity contribution in [3.8, 4) is 0 Å². The van der Waals surface area contributed by atoms with Crippen molar-refractivity contribution in [1.82, 2.24) is 4.98 Å². The Hall–Kier alpha value is -1.42. The molecule has 4 nitrogen and oxygen atoms in total. The van der Waals surface area contributed by atoms with Crippen LogP contribution in [0.2, 0.25) is 0 Å². The third kappa shape index (κ3) is 2.53. The van der Waals surface area contributed by atoms with E-state index < -0.39 is 11.5 Å². The molecule has 0 fully saturated rings. The number of pyridine rings is 1. The van der Waals surface area contributed by atoms with Gasteiger partial charge in [0.1, 0.15) is 0 Å². The first-order valence-corrected chi connectivity index (χ1v) is 4.36. The molecule has 1 aromatic rings. The molecule has 4 heteroatoms. The summed E-state index contributed by atoms with van der Waals surface area (Å²) in [4.78, 5) is 14.8. The van der Waals surface area contributed by atoms with E-state index in [0.29, 0.717) is 5.69 Å². The van der Waals surface area contributed by atoms with E-state index in [1.165, 1.54) is 0 Å². The summed E-state index contributed by atoms with van der Waals surface area (Å²) < 4.78 is 0. The van der Waals surface area contributed by atoms with Crippen LogP contribution in [0.3, 0.4) is 0 Å². The molecule has 3 N–H and O–H groups in total. The van der Waals surface area contributed by atoms with Crippen molar-refractivity contribution in [3.63, 3.8) is 0 Å². The average molecular weight is 194 g/mol. The first-order chi connectivity index (χ1) is 6.42. The lowest BCUT2D eigenvalue weighted by molar-refractivity contribution is -0.138. The van der Waals surface area contributed by atoms with Crippen molar-refractivity contribution >= 4 is 5.97 Å². The third-order valence-corrected chi connectivity index (χ3v) is 1.99. The highest BCUT2D eigenvalue weighted by atomic mass is 16.4. The molecule has 1 aromatic heterocycles. The number of nitrogens with zero attached hydrogens (tertiary/aromatic N) is 1. The predicted molar refractivity (Wildman–Crippen MR) is 52.8 cm³/mol. The Morgan fingerprint density at radius 1 is 1.64 bits per heavy atom. The summed E-state index contributed by atoms with van der Waals surface area (Å²) in [5.41, 5.74) is 6.41. The zero-order valence-corrected chi connectivity index (χ0v) is 8.32. The second-order valence-electron chi connectivity index (χ2n) is 3.65. The van der Waals surface area contributed by atoms with E-state index >= 15 is 0 Å². The standard InChI is InChI=1S/C10H14N2O2/c1-7-4-3-5-8(12-7)10(2,11)6-9(13)14/h3-5H,6,11H2,1-2H3,(H,13,14). The van der Waals surface area contributed by atoms with E-state index in [4.69, 9.17) is 10.8 Å².